The lowest BCUT2D eigenvalue weighted by molar-refractivity contribution is 0.855. The van der Waals surface area contributed by atoms with Crippen molar-refractivity contribution in [3.63, 3.8) is 0 Å². The first-order valence-corrected chi connectivity index (χ1v) is 7.66. The first-order chi connectivity index (χ1) is 9.43. The van der Waals surface area contributed by atoms with Gasteiger partial charge in [0.25, 0.3) is 0 Å². The van der Waals surface area contributed by atoms with Crippen LogP contribution in [0, 0.1) is 0 Å². The molecular formula is C15H17N3S. The van der Waals surface area contributed by atoms with Crippen LogP contribution in [0.1, 0.15) is 12.0 Å². The molecule has 4 heteroatoms. The van der Waals surface area contributed by atoms with E-state index in [1.54, 1.807) is 0 Å². The summed E-state index contributed by atoms with van der Waals surface area (Å²) in [5.74, 6) is 1.18. The maximum absolute atomic E-state index is 4.48. The van der Waals surface area contributed by atoms with E-state index >= 15 is 0 Å². The van der Waals surface area contributed by atoms with Crippen LogP contribution in [0.5, 0.6) is 0 Å². The van der Waals surface area contributed by atoms with Gasteiger partial charge in [0.15, 0.2) is 5.17 Å². The average molecular weight is 271 g/mol. The second-order valence-corrected chi connectivity index (χ2v) is 5.64. The summed E-state index contributed by atoms with van der Waals surface area (Å²) in [5.41, 5.74) is 2.41. The summed E-state index contributed by atoms with van der Waals surface area (Å²) in [6.45, 7) is 1.88. The van der Waals surface area contributed by atoms with Crippen molar-refractivity contribution in [1.29, 1.82) is 0 Å². The molecule has 1 aliphatic heterocycles. The Morgan fingerprint density at radius 2 is 2.16 bits per heavy atom. The maximum atomic E-state index is 4.48. The fourth-order valence-corrected chi connectivity index (χ4v) is 3.09. The number of aromatic nitrogens is 1. The lowest BCUT2D eigenvalue weighted by Crippen LogP contribution is -2.25. The number of thioether (sulfide) groups is 1. The predicted molar refractivity (Wildman–Crippen MR) is 82.8 cm³/mol. The highest BCUT2D eigenvalue weighted by Gasteiger charge is 2.06. The molecule has 0 radical (unpaired) electrons. The molecule has 0 aliphatic carbocycles. The van der Waals surface area contributed by atoms with E-state index in [2.05, 4.69) is 39.6 Å². The first kappa shape index (κ1) is 12.5. The number of hydrogen-bond acceptors (Lipinski definition) is 4. The summed E-state index contributed by atoms with van der Waals surface area (Å²) < 4.78 is 0. The van der Waals surface area contributed by atoms with E-state index in [-0.39, 0.29) is 0 Å². The molecule has 0 saturated carbocycles. The zero-order valence-corrected chi connectivity index (χ0v) is 11.6. The van der Waals surface area contributed by atoms with Crippen LogP contribution in [0.2, 0.25) is 0 Å². The molecule has 0 unspecified atom stereocenters. The maximum Gasteiger partial charge on any atom is 0.156 e. The number of aliphatic imine (C=N–C) groups is 1. The summed E-state index contributed by atoms with van der Waals surface area (Å²) in [6.07, 6.45) is 4.04. The molecule has 3 rings (SSSR count). The molecule has 19 heavy (non-hydrogen) atoms. The smallest absolute Gasteiger partial charge is 0.156 e. The predicted octanol–water partition coefficient (Wildman–Crippen LogP) is 2.86. The third-order valence-corrected chi connectivity index (χ3v) is 4.22. The van der Waals surface area contributed by atoms with Gasteiger partial charge in [-0.3, -0.25) is 9.98 Å². The summed E-state index contributed by atoms with van der Waals surface area (Å²) >= 11 is 1.83. The van der Waals surface area contributed by atoms with Gasteiger partial charge in [0.1, 0.15) is 0 Å². The fourth-order valence-electron chi connectivity index (χ4n) is 2.24. The van der Waals surface area contributed by atoms with Crippen LogP contribution < -0.4 is 5.32 Å². The number of rotatable bonds is 3. The number of benzene rings is 1. The van der Waals surface area contributed by atoms with Gasteiger partial charge in [-0.1, -0.05) is 36.0 Å². The molecule has 1 aliphatic rings. The van der Waals surface area contributed by atoms with Gasteiger partial charge in [-0.05, 0) is 24.5 Å². The molecule has 2 aromatic rings. The summed E-state index contributed by atoms with van der Waals surface area (Å²) in [4.78, 5) is 8.96. The molecule has 2 heterocycles. The third-order valence-electron chi connectivity index (χ3n) is 3.18. The Kier molecular flexibility index (Phi) is 3.98. The molecule has 1 aromatic heterocycles. The largest absolute Gasteiger partial charge is 0.365 e. The Morgan fingerprint density at radius 3 is 3.05 bits per heavy atom. The molecule has 0 atom stereocenters. The minimum absolute atomic E-state index is 0.918. The average Bonchev–Trinajstić information content (AvgIpc) is 2.49. The monoisotopic (exact) mass is 271 g/mol. The molecule has 0 saturated heterocycles. The molecule has 0 bridgehead atoms. The minimum Gasteiger partial charge on any atom is -0.365 e. The standard InChI is InChI=1S/C15H17N3S/c1-4-12-6-2-8-16-14(12)13(5-1)7-10-18-15-17-9-3-11-19-15/h1-2,4-6,8H,3,7,9-11H2,(H,17,18). The highest BCUT2D eigenvalue weighted by Crippen LogP contribution is 2.16. The molecule has 0 amide bonds. The van der Waals surface area contributed by atoms with Crippen molar-refractivity contribution in [2.75, 3.05) is 18.8 Å². The second kappa shape index (κ2) is 6.06. The van der Waals surface area contributed by atoms with Gasteiger partial charge in [-0.2, -0.15) is 0 Å². The van der Waals surface area contributed by atoms with E-state index in [0.29, 0.717) is 0 Å². The fraction of sp³-hybridized carbons (Fsp3) is 0.333. The first-order valence-electron chi connectivity index (χ1n) is 6.67. The van der Waals surface area contributed by atoms with Gasteiger partial charge >= 0.3 is 0 Å². The van der Waals surface area contributed by atoms with Gasteiger partial charge in [0.2, 0.25) is 0 Å². The van der Waals surface area contributed by atoms with Crippen LogP contribution in [-0.4, -0.2) is 29.0 Å². The number of amidine groups is 1. The van der Waals surface area contributed by atoms with Crippen molar-refractivity contribution in [1.82, 2.24) is 10.3 Å². The van der Waals surface area contributed by atoms with E-state index < -0.39 is 0 Å². The highest BCUT2D eigenvalue weighted by atomic mass is 32.2. The van der Waals surface area contributed by atoms with Crippen LogP contribution in [0.15, 0.2) is 41.5 Å². The van der Waals surface area contributed by atoms with Crippen molar-refractivity contribution in [3.8, 4) is 0 Å². The van der Waals surface area contributed by atoms with Crippen molar-refractivity contribution in [3.05, 3.63) is 42.1 Å². The molecule has 0 spiro atoms. The zero-order chi connectivity index (χ0) is 12.9. The van der Waals surface area contributed by atoms with Crippen molar-refractivity contribution >= 4 is 27.8 Å². The summed E-state index contributed by atoms with van der Waals surface area (Å²) in [6, 6.07) is 10.5. The normalized spacial score (nSPS) is 15.3. The van der Waals surface area contributed by atoms with Crippen LogP contribution in [0.3, 0.4) is 0 Å². The summed E-state index contributed by atoms with van der Waals surface area (Å²) in [7, 11) is 0. The zero-order valence-electron chi connectivity index (χ0n) is 10.8. The lowest BCUT2D eigenvalue weighted by atomic mass is 10.1. The van der Waals surface area contributed by atoms with Crippen molar-refractivity contribution in [2.24, 2.45) is 4.99 Å². The van der Waals surface area contributed by atoms with E-state index in [0.717, 1.165) is 30.2 Å². The van der Waals surface area contributed by atoms with E-state index in [1.165, 1.54) is 23.1 Å². The van der Waals surface area contributed by atoms with E-state index in [1.807, 2.05) is 24.0 Å². The van der Waals surface area contributed by atoms with Gasteiger partial charge in [0, 0.05) is 30.4 Å². The van der Waals surface area contributed by atoms with Gasteiger partial charge < -0.3 is 5.32 Å². The van der Waals surface area contributed by atoms with Crippen LogP contribution in [-0.2, 0) is 6.42 Å². The number of nitrogens with zero attached hydrogens (tertiary/aromatic N) is 2. The molecule has 0 fully saturated rings. The van der Waals surface area contributed by atoms with Gasteiger partial charge in [0.05, 0.1) is 5.52 Å². The Bertz CT molecular complexity index is 589. The molecule has 1 aromatic carbocycles. The molecule has 3 nitrogen and oxygen atoms in total. The Hall–Kier alpha value is -1.55. The van der Waals surface area contributed by atoms with Crippen molar-refractivity contribution < 1.29 is 0 Å². The van der Waals surface area contributed by atoms with Gasteiger partial charge in [-0.15, -0.1) is 0 Å². The van der Waals surface area contributed by atoms with Crippen LogP contribution in [0.25, 0.3) is 10.9 Å². The lowest BCUT2D eigenvalue weighted by Gasteiger charge is -2.13. The van der Waals surface area contributed by atoms with Gasteiger partial charge in [-0.25, -0.2) is 0 Å². The van der Waals surface area contributed by atoms with E-state index in [9.17, 15) is 0 Å². The quantitative estimate of drug-likeness (QED) is 0.932. The van der Waals surface area contributed by atoms with E-state index in [4.69, 9.17) is 0 Å². The number of para-hydroxylation sites is 1. The highest BCUT2D eigenvalue weighted by molar-refractivity contribution is 8.13. The molecule has 98 valence electrons. The Labute approximate surface area is 117 Å². The SMILES string of the molecule is c1cnc2c(CCNC3=NCCCS3)cccc2c1. The number of fused-ring (bicyclic) bond motifs is 1. The number of nitrogens with one attached hydrogen (secondary N) is 1. The van der Waals surface area contributed by atoms with Crippen LogP contribution >= 0.6 is 11.8 Å². The Morgan fingerprint density at radius 1 is 1.21 bits per heavy atom. The minimum atomic E-state index is 0.918. The topological polar surface area (TPSA) is 37.3 Å². The second-order valence-electron chi connectivity index (χ2n) is 4.56. The van der Waals surface area contributed by atoms with Crippen molar-refractivity contribution in [2.45, 2.75) is 12.8 Å². The Balaban J connectivity index is 1.66. The molecular weight excluding hydrogens is 254 g/mol. The third kappa shape index (κ3) is 3.07. The number of pyridine rings is 1. The number of hydrogen-bond donors (Lipinski definition) is 1. The van der Waals surface area contributed by atoms with Crippen LogP contribution in [0.4, 0.5) is 0 Å². The molecule has 1 N–H and O–H groups in total. The summed E-state index contributed by atoms with van der Waals surface area (Å²) in [5, 5.41) is 5.73.